The summed E-state index contributed by atoms with van der Waals surface area (Å²) >= 11 is 0. The van der Waals surface area contributed by atoms with Gasteiger partial charge in [-0.25, -0.2) is 9.97 Å². The third-order valence-electron chi connectivity index (χ3n) is 3.39. The van der Waals surface area contributed by atoms with Crippen LogP contribution >= 0.6 is 0 Å². The third-order valence-corrected chi connectivity index (χ3v) is 3.39. The van der Waals surface area contributed by atoms with Crippen molar-refractivity contribution in [2.45, 2.75) is 45.6 Å². The summed E-state index contributed by atoms with van der Waals surface area (Å²) in [5.41, 5.74) is 1.82. The number of rotatable bonds is 6. The van der Waals surface area contributed by atoms with Crippen LogP contribution in [0.1, 0.15) is 50.7 Å². The molecular formula is C19H23N3. The van der Waals surface area contributed by atoms with Gasteiger partial charge in [-0.3, -0.25) is 0 Å². The quantitative estimate of drug-likeness (QED) is 0.639. The number of aromatic nitrogens is 2. The summed E-state index contributed by atoms with van der Waals surface area (Å²) in [6, 6.07) is 10.3. The molecular weight excluding hydrogens is 270 g/mol. The average Bonchev–Trinajstić information content (AvgIpc) is 2.55. The second kappa shape index (κ2) is 8.84. The molecule has 1 atom stereocenters. The summed E-state index contributed by atoms with van der Waals surface area (Å²) in [6.07, 6.45) is 8.45. The molecule has 0 saturated carbocycles. The molecule has 114 valence electrons. The lowest BCUT2D eigenvalue weighted by atomic mass is 10.1. The zero-order chi connectivity index (χ0) is 15.6. The summed E-state index contributed by atoms with van der Waals surface area (Å²) in [7, 11) is 0. The fourth-order valence-electron chi connectivity index (χ4n) is 2.13. The van der Waals surface area contributed by atoms with Gasteiger partial charge in [-0.05, 0) is 25.5 Å². The fourth-order valence-corrected chi connectivity index (χ4v) is 2.13. The number of hydrogen-bond acceptors (Lipinski definition) is 3. The van der Waals surface area contributed by atoms with Gasteiger partial charge in [0.05, 0.1) is 5.56 Å². The van der Waals surface area contributed by atoms with E-state index in [1.807, 2.05) is 30.3 Å². The van der Waals surface area contributed by atoms with E-state index >= 15 is 0 Å². The highest BCUT2D eigenvalue weighted by Gasteiger charge is 2.03. The van der Waals surface area contributed by atoms with E-state index in [4.69, 9.17) is 0 Å². The molecule has 0 amide bonds. The van der Waals surface area contributed by atoms with Crippen molar-refractivity contribution < 1.29 is 0 Å². The highest BCUT2D eigenvalue weighted by molar-refractivity contribution is 5.41. The second-order valence-electron chi connectivity index (χ2n) is 5.45. The highest BCUT2D eigenvalue weighted by atomic mass is 15.1. The first-order valence-corrected chi connectivity index (χ1v) is 7.93. The van der Waals surface area contributed by atoms with E-state index < -0.39 is 0 Å². The summed E-state index contributed by atoms with van der Waals surface area (Å²) in [6.45, 7) is 4.39. The molecule has 1 aromatic carbocycles. The minimum atomic E-state index is 0.396. The lowest BCUT2D eigenvalue weighted by Gasteiger charge is -2.12. The SMILES string of the molecule is CCCCCC(C)Nc1ncc(C#Cc2ccccc2)cn1. The van der Waals surface area contributed by atoms with Crippen LogP contribution in [0.15, 0.2) is 42.7 Å². The van der Waals surface area contributed by atoms with E-state index in [9.17, 15) is 0 Å². The van der Waals surface area contributed by atoms with E-state index in [0.29, 0.717) is 12.0 Å². The summed E-state index contributed by atoms with van der Waals surface area (Å²) in [5, 5.41) is 3.33. The maximum absolute atomic E-state index is 4.33. The van der Waals surface area contributed by atoms with Gasteiger partial charge in [0.15, 0.2) is 0 Å². The first-order valence-electron chi connectivity index (χ1n) is 7.93. The molecule has 0 saturated heterocycles. The molecule has 2 aromatic rings. The summed E-state index contributed by atoms with van der Waals surface area (Å²) in [5.74, 6) is 6.86. The Morgan fingerprint density at radius 2 is 1.68 bits per heavy atom. The van der Waals surface area contributed by atoms with Crippen molar-refractivity contribution in [3.63, 3.8) is 0 Å². The van der Waals surface area contributed by atoms with Crippen LogP contribution in [-0.4, -0.2) is 16.0 Å². The van der Waals surface area contributed by atoms with Crippen LogP contribution in [-0.2, 0) is 0 Å². The van der Waals surface area contributed by atoms with Crippen LogP contribution < -0.4 is 5.32 Å². The Bertz CT molecular complexity index is 609. The minimum Gasteiger partial charge on any atom is -0.352 e. The molecule has 0 aliphatic carbocycles. The number of nitrogens with zero attached hydrogens (tertiary/aromatic N) is 2. The zero-order valence-corrected chi connectivity index (χ0v) is 13.3. The molecule has 1 N–H and O–H groups in total. The Labute approximate surface area is 133 Å². The van der Waals surface area contributed by atoms with E-state index in [0.717, 1.165) is 17.5 Å². The summed E-state index contributed by atoms with van der Waals surface area (Å²) in [4.78, 5) is 8.67. The molecule has 1 unspecified atom stereocenters. The Hall–Kier alpha value is -2.34. The molecule has 1 aromatic heterocycles. The Morgan fingerprint density at radius 3 is 2.36 bits per heavy atom. The van der Waals surface area contributed by atoms with Crippen LogP contribution in [0.3, 0.4) is 0 Å². The predicted octanol–water partition coefficient (Wildman–Crippen LogP) is 4.26. The van der Waals surface area contributed by atoms with Gasteiger partial charge in [0, 0.05) is 24.0 Å². The molecule has 3 nitrogen and oxygen atoms in total. The van der Waals surface area contributed by atoms with E-state index in [-0.39, 0.29) is 0 Å². The van der Waals surface area contributed by atoms with Crippen molar-refractivity contribution >= 4 is 5.95 Å². The molecule has 0 fully saturated rings. The monoisotopic (exact) mass is 293 g/mol. The third kappa shape index (κ3) is 5.57. The standard InChI is InChI=1S/C19H23N3/c1-3-4-6-9-16(2)22-19-20-14-18(15-21-19)13-12-17-10-7-5-8-11-17/h5,7-8,10-11,14-16H,3-4,6,9H2,1-2H3,(H,20,21,22). The molecule has 3 heteroatoms. The molecule has 22 heavy (non-hydrogen) atoms. The van der Waals surface area contributed by atoms with Gasteiger partial charge in [-0.15, -0.1) is 0 Å². The van der Waals surface area contributed by atoms with Crippen molar-refractivity contribution in [3.8, 4) is 11.8 Å². The number of unbranched alkanes of at least 4 members (excludes halogenated alkanes) is 2. The Balaban J connectivity index is 1.89. The molecule has 2 rings (SSSR count). The van der Waals surface area contributed by atoms with Crippen LogP contribution in [0.5, 0.6) is 0 Å². The lowest BCUT2D eigenvalue weighted by Crippen LogP contribution is -2.16. The number of hydrogen-bond donors (Lipinski definition) is 1. The maximum atomic E-state index is 4.33. The second-order valence-corrected chi connectivity index (χ2v) is 5.45. The minimum absolute atomic E-state index is 0.396. The van der Waals surface area contributed by atoms with E-state index in [1.165, 1.54) is 19.3 Å². The van der Waals surface area contributed by atoms with Gasteiger partial charge in [0.2, 0.25) is 5.95 Å². The van der Waals surface area contributed by atoms with Gasteiger partial charge in [-0.2, -0.15) is 0 Å². The van der Waals surface area contributed by atoms with Crippen LogP contribution in [0, 0.1) is 11.8 Å². The molecule has 0 aliphatic rings. The maximum Gasteiger partial charge on any atom is 0.222 e. The lowest BCUT2D eigenvalue weighted by molar-refractivity contribution is 0.612. The molecule has 1 heterocycles. The van der Waals surface area contributed by atoms with E-state index in [2.05, 4.69) is 41.0 Å². The Kier molecular flexibility index (Phi) is 6.44. The predicted molar refractivity (Wildman–Crippen MR) is 91.7 cm³/mol. The normalized spacial score (nSPS) is 11.4. The van der Waals surface area contributed by atoms with Gasteiger partial charge >= 0.3 is 0 Å². The van der Waals surface area contributed by atoms with Crippen molar-refractivity contribution in [1.29, 1.82) is 0 Å². The van der Waals surface area contributed by atoms with E-state index in [1.54, 1.807) is 12.4 Å². The average molecular weight is 293 g/mol. The van der Waals surface area contributed by atoms with Gasteiger partial charge in [0.1, 0.15) is 0 Å². The first kappa shape index (κ1) is 16.0. The van der Waals surface area contributed by atoms with Crippen molar-refractivity contribution in [2.75, 3.05) is 5.32 Å². The van der Waals surface area contributed by atoms with Crippen LogP contribution in [0.2, 0.25) is 0 Å². The molecule has 0 radical (unpaired) electrons. The smallest absolute Gasteiger partial charge is 0.222 e. The number of anilines is 1. The highest BCUT2D eigenvalue weighted by Crippen LogP contribution is 2.08. The molecule has 0 bridgehead atoms. The Morgan fingerprint density at radius 1 is 1.00 bits per heavy atom. The van der Waals surface area contributed by atoms with Crippen molar-refractivity contribution in [3.05, 3.63) is 53.9 Å². The van der Waals surface area contributed by atoms with Gasteiger partial charge in [-0.1, -0.05) is 56.2 Å². The van der Waals surface area contributed by atoms with Crippen molar-refractivity contribution in [1.82, 2.24) is 9.97 Å². The van der Waals surface area contributed by atoms with Gasteiger partial charge < -0.3 is 5.32 Å². The van der Waals surface area contributed by atoms with Crippen LogP contribution in [0.25, 0.3) is 0 Å². The zero-order valence-electron chi connectivity index (χ0n) is 13.3. The van der Waals surface area contributed by atoms with Crippen LogP contribution in [0.4, 0.5) is 5.95 Å². The number of benzene rings is 1. The number of nitrogens with one attached hydrogen (secondary N) is 1. The largest absolute Gasteiger partial charge is 0.352 e. The topological polar surface area (TPSA) is 37.8 Å². The van der Waals surface area contributed by atoms with Gasteiger partial charge in [0.25, 0.3) is 0 Å². The fraction of sp³-hybridized carbons (Fsp3) is 0.368. The summed E-state index contributed by atoms with van der Waals surface area (Å²) < 4.78 is 0. The molecule has 0 aliphatic heterocycles. The molecule has 0 spiro atoms. The first-order chi connectivity index (χ1) is 10.8. The van der Waals surface area contributed by atoms with Crippen molar-refractivity contribution in [2.24, 2.45) is 0 Å².